The molecule has 0 aliphatic rings. The molecule has 0 saturated carbocycles. The van der Waals surface area contributed by atoms with Gasteiger partial charge in [-0.05, 0) is 43.7 Å². The maximum Gasteiger partial charge on any atom is 0.239 e. The van der Waals surface area contributed by atoms with Crippen LogP contribution in [-0.2, 0) is 21.4 Å². The third-order valence-corrected chi connectivity index (χ3v) is 5.09. The molecule has 1 N–H and O–H groups in total. The molecule has 0 aliphatic carbocycles. The third kappa shape index (κ3) is 6.16. The summed E-state index contributed by atoms with van der Waals surface area (Å²) in [7, 11) is -3.44. The van der Waals surface area contributed by atoms with Crippen molar-refractivity contribution < 1.29 is 17.9 Å². The summed E-state index contributed by atoms with van der Waals surface area (Å²) in [5.41, 5.74) is 1.65. The number of anilines is 1. The Hall–Kier alpha value is -2.38. The number of nitrogens with one attached hydrogen (secondary N) is 1. The lowest BCUT2D eigenvalue weighted by Crippen LogP contribution is -2.41. The molecule has 0 aliphatic heterocycles. The van der Waals surface area contributed by atoms with Crippen LogP contribution in [0.2, 0.25) is 0 Å². The number of ether oxygens (including phenoxy) is 1. The van der Waals surface area contributed by atoms with Crippen molar-refractivity contribution in [3.63, 3.8) is 0 Å². The van der Waals surface area contributed by atoms with E-state index >= 15 is 0 Å². The van der Waals surface area contributed by atoms with Gasteiger partial charge in [-0.25, -0.2) is 8.42 Å². The van der Waals surface area contributed by atoms with Crippen molar-refractivity contribution in [2.75, 3.05) is 18.1 Å². The van der Waals surface area contributed by atoms with E-state index in [2.05, 4.69) is 5.32 Å². The van der Waals surface area contributed by atoms with Gasteiger partial charge in [0.2, 0.25) is 15.9 Å². The molecule has 7 heteroatoms. The Labute approximate surface area is 154 Å². The molecule has 0 radical (unpaired) electrons. The van der Waals surface area contributed by atoms with Gasteiger partial charge in [-0.15, -0.1) is 0 Å². The highest BCUT2D eigenvalue weighted by molar-refractivity contribution is 7.88. The van der Waals surface area contributed by atoms with Crippen LogP contribution < -0.4 is 10.1 Å². The van der Waals surface area contributed by atoms with Crippen molar-refractivity contribution in [1.82, 2.24) is 4.31 Å². The van der Waals surface area contributed by atoms with Crippen LogP contribution in [0.3, 0.4) is 0 Å². The lowest BCUT2D eigenvalue weighted by atomic mass is 10.2. The first-order valence-electron chi connectivity index (χ1n) is 8.29. The van der Waals surface area contributed by atoms with Crippen molar-refractivity contribution in [1.29, 1.82) is 0 Å². The van der Waals surface area contributed by atoms with E-state index in [1.54, 1.807) is 38.1 Å². The monoisotopic (exact) mass is 376 g/mol. The van der Waals surface area contributed by atoms with E-state index in [1.807, 2.05) is 30.3 Å². The van der Waals surface area contributed by atoms with Crippen molar-refractivity contribution in [2.45, 2.75) is 26.5 Å². The molecule has 0 unspecified atom stereocenters. The molecule has 0 aromatic heterocycles. The summed E-state index contributed by atoms with van der Waals surface area (Å²) in [5, 5.41) is 2.70. The van der Waals surface area contributed by atoms with Gasteiger partial charge in [-0.2, -0.15) is 4.31 Å². The second-order valence-electron chi connectivity index (χ2n) is 6.25. The van der Waals surface area contributed by atoms with E-state index in [-0.39, 0.29) is 18.5 Å². The van der Waals surface area contributed by atoms with Gasteiger partial charge in [-0.3, -0.25) is 4.79 Å². The second-order valence-corrected chi connectivity index (χ2v) is 8.18. The Balaban J connectivity index is 1.91. The molecule has 140 valence electrons. The topological polar surface area (TPSA) is 75.7 Å². The largest absolute Gasteiger partial charge is 0.489 e. The minimum Gasteiger partial charge on any atom is -0.489 e. The standard InChI is InChI=1S/C19H24N2O4S/c1-15(2)21(26(3,23)24)13-19(22)20-17-9-11-18(12-10-17)25-14-16-7-5-4-6-8-16/h4-12,15H,13-14H2,1-3H3,(H,20,22). The number of hydrogen-bond acceptors (Lipinski definition) is 4. The van der Waals surface area contributed by atoms with E-state index in [0.717, 1.165) is 16.1 Å². The summed E-state index contributed by atoms with van der Waals surface area (Å²) in [6, 6.07) is 16.5. The maximum atomic E-state index is 12.1. The molecular weight excluding hydrogens is 352 g/mol. The van der Waals surface area contributed by atoms with Crippen LogP contribution in [0.4, 0.5) is 5.69 Å². The Morgan fingerprint density at radius 2 is 1.69 bits per heavy atom. The van der Waals surface area contributed by atoms with E-state index in [9.17, 15) is 13.2 Å². The number of rotatable bonds is 8. The number of benzene rings is 2. The molecule has 6 nitrogen and oxygen atoms in total. The zero-order valence-electron chi connectivity index (χ0n) is 15.2. The molecule has 1 amide bonds. The maximum absolute atomic E-state index is 12.1. The van der Waals surface area contributed by atoms with Gasteiger partial charge in [-0.1, -0.05) is 30.3 Å². The van der Waals surface area contributed by atoms with Crippen molar-refractivity contribution in [3.8, 4) is 5.75 Å². The number of hydrogen-bond donors (Lipinski definition) is 1. The fourth-order valence-electron chi connectivity index (χ4n) is 2.40. The average Bonchev–Trinajstić information content (AvgIpc) is 2.59. The highest BCUT2D eigenvalue weighted by Gasteiger charge is 2.23. The van der Waals surface area contributed by atoms with Crippen molar-refractivity contribution >= 4 is 21.6 Å². The molecule has 0 spiro atoms. The normalized spacial score (nSPS) is 11.6. The summed E-state index contributed by atoms with van der Waals surface area (Å²) in [6.45, 7) is 3.70. The highest BCUT2D eigenvalue weighted by atomic mass is 32.2. The third-order valence-electron chi connectivity index (χ3n) is 3.69. The summed E-state index contributed by atoms with van der Waals surface area (Å²) in [4.78, 5) is 12.1. The molecule has 2 aromatic rings. The molecule has 0 atom stereocenters. The molecule has 0 saturated heterocycles. The molecule has 0 bridgehead atoms. The van der Waals surface area contributed by atoms with Gasteiger partial charge in [0.25, 0.3) is 0 Å². The van der Waals surface area contributed by atoms with Gasteiger partial charge in [0.05, 0.1) is 12.8 Å². The SMILES string of the molecule is CC(C)N(CC(=O)Nc1ccc(OCc2ccccc2)cc1)S(C)(=O)=O. The van der Waals surface area contributed by atoms with Gasteiger partial charge in [0.15, 0.2) is 0 Å². The van der Waals surface area contributed by atoms with Crippen LogP contribution in [0, 0.1) is 0 Å². The van der Waals surface area contributed by atoms with Crippen molar-refractivity contribution in [3.05, 3.63) is 60.2 Å². The number of amides is 1. The lowest BCUT2D eigenvalue weighted by Gasteiger charge is -2.23. The minimum absolute atomic E-state index is 0.219. The summed E-state index contributed by atoms with van der Waals surface area (Å²) >= 11 is 0. The molecule has 2 rings (SSSR count). The second kappa shape index (κ2) is 8.82. The average molecular weight is 376 g/mol. The predicted molar refractivity (Wildman–Crippen MR) is 103 cm³/mol. The van der Waals surface area contributed by atoms with Crippen LogP contribution in [0.25, 0.3) is 0 Å². The first-order chi connectivity index (χ1) is 12.3. The fourth-order valence-corrected chi connectivity index (χ4v) is 3.52. The Kier molecular flexibility index (Phi) is 6.76. The summed E-state index contributed by atoms with van der Waals surface area (Å²) in [5.74, 6) is 0.300. The van der Waals surface area contributed by atoms with E-state index in [1.165, 1.54) is 0 Å². The van der Waals surface area contributed by atoms with E-state index in [0.29, 0.717) is 18.0 Å². The Bertz CT molecular complexity index is 818. The van der Waals surface area contributed by atoms with Crippen LogP contribution >= 0.6 is 0 Å². The highest BCUT2D eigenvalue weighted by Crippen LogP contribution is 2.17. The zero-order valence-corrected chi connectivity index (χ0v) is 16.0. The van der Waals surface area contributed by atoms with Gasteiger partial charge < -0.3 is 10.1 Å². The van der Waals surface area contributed by atoms with E-state index < -0.39 is 10.0 Å². The molecule has 2 aromatic carbocycles. The van der Waals surface area contributed by atoms with Crippen LogP contribution in [0.1, 0.15) is 19.4 Å². The van der Waals surface area contributed by atoms with Crippen LogP contribution in [0.5, 0.6) is 5.75 Å². The van der Waals surface area contributed by atoms with E-state index in [4.69, 9.17) is 4.74 Å². The smallest absolute Gasteiger partial charge is 0.239 e. The van der Waals surface area contributed by atoms with Gasteiger partial charge >= 0.3 is 0 Å². The molecule has 0 heterocycles. The number of carbonyl (C=O) groups is 1. The number of nitrogens with zero attached hydrogens (tertiary/aromatic N) is 1. The van der Waals surface area contributed by atoms with Gasteiger partial charge in [0.1, 0.15) is 12.4 Å². The number of carbonyl (C=O) groups excluding carboxylic acids is 1. The Morgan fingerprint density at radius 1 is 1.08 bits per heavy atom. The molecular formula is C19H24N2O4S. The molecule has 26 heavy (non-hydrogen) atoms. The number of sulfonamides is 1. The Morgan fingerprint density at radius 3 is 2.23 bits per heavy atom. The van der Waals surface area contributed by atoms with Crippen molar-refractivity contribution in [2.24, 2.45) is 0 Å². The summed E-state index contributed by atoms with van der Waals surface area (Å²) < 4.78 is 30.3. The summed E-state index contributed by atoms with van der Waals surface area (Å²) in [6.07, 6.45) is 1.10. The zero-order chi connectivity index (χ0) is 19.2. The molecule has 0 fully saturated rings. The quantitative estimate of drug-likeness (QED) is 0.769. The minimum atomic E-state index is -3.44. The first-order valence-corrected chi connectivity index (χ1v) is 10.1. The van der Waals surface area contributed by atoms with Gasteiger partial charge in [0, 0.05) is 11.7 Å². The lowest BCUT2D eigenvalue weighted by molar-refractivity contribution is -0.116. The fraction of sp³-hybridized carbons (Fsp3) is 0.316. The van der Waals surface area contributed by atoms with Crippen LogP contribution in [-0.4, -0.2) is 37.5 Å². The van der Waals surface area contributed by atoms with Crippen LogP contribution in [0.15, 0.2) is 54.6 Å². The first kappa shape index (κ1) is 19.9. The predicted octanol–water partition coefficient (Wildman–Crippen LogP) is 2.87.